The van der Waals surface area contributed by atoms with E-state index in [0.29, 0.717) is 23.8 Å². The summed E-state index contributed by atoms with van der Waals surface area (Å²) >= 11 is 0. The highest BCUT2D eigenvalue weighted by Crippen LogP contribution is 2.18. The molecule has 7 heteroatoms. The van der Waals surface area contributed by atoms with Gasteiger partial charge in [0.2, 0.25) is 11.8 Å². The summed E-state index contributed by atoms with van der Waals surface area (Å²) in [5.41, 5.74) is 2.96. The van der Waals surface area contributed by atoms with Crippen LogP contribution in [0.2, 0.25) is 0 Å². The maximum Gasteiger partial charge on any atom is 0.411 e. The molecule has 2 aromatic carbocycles. The summed E-state index contributed by atoms with van der Waals surface area (Å²) < 4.78 is 9.96. The minimum absolute atomic E-state index is 0.137. The molecule has 0 unspecified atom stereocenters. The third kappa shape index (κ3) is 5.18. The quantitative estimate of drug-likeness (QED) is 0.698. The van der Waals surface area contributed by atoms with Gasteiger partial charge >= 0.3 is 6.09 Å². The molecule has 7 nitrogen and oxygen atoms in total. The third-order valence-corrected chi connectivity index (χ3v) is 3.79. The van der Waals surface area contributed by atoms with Crippen molar-refractivity contribution in [1.29, 1.82) is 0 Å². The van der Waals surface area contributed by atoms with Gasteiger partial charge in [-0.15, -0.1) is 0 Å². The van der Waals surface area contributed by atoms with Gasteiger partial charge in [-0.1, -0.05) is 30.3 Å². The van der Waals surface area contributed by atoms with Crippen LogP contribution in [0.3, 0.4) is 0 Å². The molecule has 3 rings (SSSR count). The van der Waals surface area contributed by atoms with Gasteiger partial charge in [-0.05, 0) is 29.8 Å². The Hall–Kier alpha value is -3.61. The second-order valence-electron chi connectivity index (χ2n) is 5.78. The molecule has 3 aromatic rings. The number of hydrogen-bond donors (Lipinski definition) is 2. The molecule has 2 N–H and O–H groups in total. The Morgan fingerprint density at radius 1 is 1.07 bits per heavy atom. The topological polar surface area (TPSA) is 93.5 Å². The van der Waals surface area contributed by atoms with Gasteiger partial charge in [-0.2, -0.15) is 0 Å². The summed E-state index contributed by atoms with van der Waals surface area (Å²) in [6.07, 6.45) is 1.10. The maximum atomic E-state index is 12.1. The summed E-state index contributed by atoms with van der Waals surface area (Å²) in [6, 6.07) is 16.6. The van der Waals surface area contributed by atoms with Crippen molar-refractivity contribution >= 4 is 17.7 Å². The van der Waals surface area contributed by atoms with E-state index >= 15 is 0 Å². The lowest BCUT2D eigenvalue weighted by molar-refractivity contribution is -0.120. The second kappa shape index (κ2) is 8.66. The first-order valence-corrected chi connectivity index (χ1v) is 8.34. The number of nitrogens with zero attached hydrogens (tertiary/aromatic N) is 1. The fraction of sp³-hybridized carbons (Fsp3) is 0.150. The SMILES string of the molecule is COC(=O)Nc1ccc(CNC(=O)Cc2coc(-c3ccccc3)n2)cc1. The average molecular weight is 365 g/mol. The number of oxazole rings is 1. The number of benzene rings is 2. The molecule has 1 heterocycles. The molecule has 0 fully saturated rings. The van der Waals surface area contributed by atoms with E-state index in [0.717, 1.165) is 11.1 Å². The predicted octanol–water partition coefficient (Wildman–Crippen LogP) is 3.38. The second-order valence-corrected chi connectivity index (χ2v) is 5.78. The van der Waals surface area contributed by atoms with Crippen LogP contribution in [0.1, 0.15) is 11.3 Å². The third-order valence-electron chi connectivity index (χ3n) is 3.79. The number of aromatic nitrogens is 1. The van der Waals surface area contributed by atoms with Crippen molar-refractivity contribution in [3.8, 4) is 11.5 Å². The van der Waals surface area contributed by atoms with Crippen molar-refractivity contribution in [2.24, 2.45) is 0 Å². The Labute approximate surface area is 156 Å². The highest BCUT2D eigenvalue weighted by atomic mass is 16.5. The number of carbonyl (C=O) groups is 2. The van der Waals surface area contributed by atoms with Gasteiger partial charge in [0.15, 0.2) is 0 Å². The number of hydrogen-bond acceptors (Lipinski definition) is 5. The summed E-state index contributed by atoms with van der Waals surface area (Å²) in [5.74, 6) is 0.340. The molecule has 27 heavy (non-hydrogen) atoms. The summed E-state index contributed by atoms with van der Waals surface area (Å²) in [6.45, 7) is 0.376. The molecule has 0 atom stereocenters. The Kier molecular flexibility index (Phi) is 5.84. The number of carbonyl (C=O) groups excluding carboxylic acids is 2. The van der Waals surface area contributed by atoms with E-state index in [4.69, 9.17) is 4.42 Å². The largest absolute Gasteiger partial charge is 0.453 e. The molecular weight excluding hydrogens is 346 g/mol. The minimum Gasteiger partial charge on any atom is -0.453 e. The van der Waals surface area contributed by atoms with E-state index in [-0.39, 0.29) is 12.3 Å². The number of rotatable bonds is 6. The van der Waals surface area contributed by atoms with Crippen LogP contribution in [0.15, 0.2) is 65.3 Å². The van der Waals surface area contributed by atoms with Crippen LogP contribution in [0, 0.1) is 0 Å². The van der Waals surface area contributed by atoms with Gasteiger partial charge < -0.3 is 14.5 Å². The molecule has 0 aliphatic rings. The molecule has 0 spiro atoms. The number of nitrogens with one attached hydrogen (secondary N) is 2. The van der Waals surface area contributed by atoms with E-state index in [2.05, 4.69) is 20.4 Å². The fourth-order valence-corrected chi connectivity index (χ4v) is 2.40. The van der Waals surface area contributed by atoms with Gasteiger partial charge in [0.25, 0.3) is 0 Å². The summed E-state index contributed by atoms with van der Waals surface area (Å²) in [5, 5.41) is 5.40. The zero-order chi connectivity index (χ0) is 19.1. The van der Waals surface area contributed by atoms with E-state index in [9.17, 15) is 9.59 Å². The first-order valence-electron chi connectivity index (χ1n) is 8.34. The molecule has 1 aromatic heterocycles. The molecule has 2 amide bonds. The molecule has 0 saturated carbocycles. The van der Waals surface area contributed by atoms with Crippen molar-refractivity contribution in [2.45, 2.75) is 13.0 Å². The Balaban J connectivity index is 1.50. The molecule has 0 bridgehead atoms. The molecule has 138 valence electrons. The van der Waals surface area contributed by atoms with E-state index < -0.39 is 6.09 Å². The van der Waals surface area contributed by atoms with Crippen LogP contribution in [0.25, 0.3) is 11.5 Å². The first-order chi connectivity index (χ1) is 13.1. The first kappa shape index (κ1) is 18.2. The van der Waals surface area contributed by atoms with Gasteiger partial charge in [0.1, 0.15) is 6.26 Å². The Bertz CT molecular complexity index is 904. The predicted molar refractivity (Wildman–Crippen MR) is 100.0 cm³/mol. The lowest BCUT2D eigenvalue weighted by Crippen LogP contribution is -2.24. The minimum atomic E-state index is -0.529. The highest BCUT2D eigenvalue weighted by molar-refractivity contribution is 5.84. The molecule has 0 saturated heterocycles. The molecule has 0 radical (unpaired) electrons. The maximum absolute atomic E-state index is 12.1. The van der Waals surface area contributed by atoms with Crippen molar-refractivity contribution in [3.63, 3.8) is 0 Å². The van der Waals surface area contributed by atoms with Gasteiger partial charge in [0, 0.05) is 17.8 Å². The van der Waals surface area contributed by atoms with Gasteiger partial charge in [-0.25, -0.2) is 9.78 Å². The van der Waals surface area contributed by atoms with Crippen molar-refractivity contribution in [1.82, 2.24) is 10.3 Å². The number of anilines is 1. The Morgan fingerprint density at radius 3 is 2.52 bits per heavy atom. The summed E-state index contributed by atoms with van der Waals surface area (Å²) in [4.78, 5) is 27.6. The van der Waals surface area contributed by atoms with E-state index in [1.807, 2.05) is 42.5 Å². The van der Waals surface area contributed by atoms with Crippen LogP contribution in [0.5, 0.6) is 0 Å². The van der Waals surface area contributed by atoms with E-state index in [1.165, 1.54) is 13.4 Å². The zero-order valence-electron chi connectivity index (χ0n) is 14.8. The monoisotopic (exact) mass is 365 g/mol. The zero-order valence-corrected chi connectivity index (χ0v) is 14.8. The molecular formula is C20H19N3O4. The van der Waals surface area contributed by atoms with Gasteiger partial charge in [-0.3, -0.25) is 10.1 Å². The summed E-state index contributed by atoms with van der Waals surface area (Å²) in [7, 11) is 1.30. The smallest absolute Gasteiger partial charge is 0.411 e. The van der Waals surface area contributed by atoms with Crippen LogP contribution in [-0.4, -0.2) is 24.1 Å². The number of methoxy groups -OCH3 is 1. The van der Waals surface area contributed by atoms with Crippen LogP contribution in [-0.2, 0) is 22.5 Å². The normalized spacial score (nSPS) is 10.3. The molecule has 0 aliphatic heterocycles. The Morgan fingerprint density at radius 2 is 1.81 bits per heavy atom. The molecule has 0 aliphatic carbocycles. The van der Waals surface area contributed by atoms with Crippen LogP contribution < -0.4 is 10.6 Å². The van der Waals surface area contributed by atoms with Crippen molar-refractivity contribution < 1.29 is 18.7 Å². The standard InChI is InChI=1S/C20H19N3O4/c1-26-20(25)23-16-9-7-14(8-10-16)12-21-18(24)11-17-13-27-19(22-17)15-5-3-2-4-6-15/h2-10,13H,11-12H2,1H3,(H,21,24)(H,23,25). The lowest BCUT2D eigenvalue weighted by Gasteiger charge is -2.06. The average Bonchev–Trinajstić information content (AvgIpc) is 3.16. The number of amides is 2. The van der Waals surface area contributed by atoms with Gasteiger partial charge in [0.05, 0.1) is 19.2 Å². The van der Waals surface area contributed by atoms with Crippen molar-refractivity contribution in [3.05, 3.63) is 72.1 Å². The van der Waals surface area contributed by atoms with Crippen LogP contribution in [0.4, 0.5) is 10.5 Å². The van der Waals surface area contributed by atoms with Crippen molar-refractivity contribution in [2.75, 3.05) is 12.4 Å². The number of ether oxygens (including phenoxy) is 1. The fourth-order valence-electron chi connectivity index (χ4n) is 2.40. The highest BCUT2D eigenvalue weighted by Gasteiger charge is 2.10. The lowest BCUT2D eigenvalue weighted by atomic mass is 10.2. The van der Waals surface area contributed by atoms with Crippen LogP contribution >= 0.6 is 0 Å². The van der Waals surface area contributed by atoms with E-state index in [1.54, 1.807) is 12.1 Å².